The van der Waals surface area contributed by atoms with Gasteiger partial charge in [-0.05, 0) is 0 Å². The van der Waals surface area contributed by atoms with Gasteiger partial charge in [0.1, 0.15) is 4.90 Å². The van der Waals surface area contributed by atoms with Crippen molar-refractivity contribution in [1.29, 1.82) is 0 Å². The number of nitrogens with zero attached hydrogens (tertiary/aromatic N) is 1. The molecule has 6 nitrogen and oxygen atoms in total. The van der Waals surface area contributed by atoms with Crippen LogP contribution in [0.3, 0.4) is 0 Å². The maximum Gasteiger partial charge on any atom is 0.573 e. The summed E-state index contributed by atoms with van der Waals surface area (Å²) in [5, 5.41) is 10.4. The lowest BCUT2D eigenvalue weighted by Gasteiger charge is -2.11. The van der Waals surface area contributed by atoms with Crippen LogP contribution in [0.2, 0.25) is 0 Å². The van der Waals surface area contributed by atoms with Crippen LogP contribution in [0, 0.1) is 15.9 Å². The van der Waals surface area contributed by atoms with E-state index in [1.54, 1.807) is 0 Å². The fourth-order valence-corrected chi connectivity index (χ4v) is 2.01. The van der Waals surface area contributed by atoms with E-state index in [4.69, 9.17) is 10.7 Å². The molecule has 12 heteroatoms. The molecule has 0 aliphatic rings. The highest BCUT2D eigenvalue weighted by atomic mass is 35.7. The van der Waals surface area contributed by atoms with E-state index in [1.807, 2.05) is 0 Å². The Labute approximate surface area is 107 Å². The van der Waals surface area contributed by atoms with Gasteiger partial charge in [0.05, 0.1) is 4.92 Å². The summed E-state index contributed by atoms with van der Waals surface area (Å²) in [6.45, 7) is 0. The molecule has 0 atom stereocenters. The third kappa shape index (κ3) is 3.92. The Kier molecular flexibility index (Phi) is 3.91. The molecule has 0 unspecified atom stereocenters. The molecule has 0 spiro atoms. The van der Waals surface area contributed by atoms with Gasteiger partial charge in [0.2, 0.25) is 5.82 Å². The second-order valence-electron chi connectivity index (χ2n) is 2.99. The number of rotatable bonds is 3. The lowest BCUT2D eigenvalue weighted by atomic mass is 10.3. The van der Waals surface area contributed by atoms with Crippen molar-refractivity contribution >= 4 is 25.4 Å². The van der Waals surface area contributed by atoms with Crippen LogP contribution in [0.1, 0.15) is 0 Å². The zero-order chi connectivity index (χ0) is 15.0. The number of nitro benzene ring substituents is 1. The van der Waals surface area contributed by atoms with Gasteiger partial charge in [0.15, 0.2) is 5.75 Å². The lowest BCUT2D eigenvalue weighted by Crippen LogP contribution is -2.18. The van der Waals surface area contributed by atoms with Gasteiger partial charge in [0, 0.05) is 22.8 Å². The predicted octanol–water partition coefficient (Wildman–Crippen LogP) is 2.56. The number of halogens is 5. The monoisotopic (exact) mass is 323 g/mol. The zero-order valence-electron chi connectivity index (χ0n) is 8.44. The molecule has 0 aliphatic heterocycles. The van der Waals surface area contributed by atoms with Crippen molar-refractivity contribution < 1.29 is 35.6 Å². The Morgan fingerprint density at radius 2 is 1.84 bits per heavy atom. The van der Waals surface area contributed by atoms with Gasteiger partial charge in [-0.15, -0.1) is 13.2 Å². The number of hydrogen-bond donors (Lipinski definition) is 0. The quantitative estimate of drug-likeness (QED) is 0.369. The highest BCUT2D eigenvalue weighted by Crippen LogP contribution is 2.35. The van der Waals surface area contributed by atoms with Gasteiger partial charge >= 0.3 is 12.0 Å². The third-order valence-corrected chi connectivity index (χ3v) is 3.04. The average Bonchev–Trinajstić information content (AvgIpc) is 2.11. The van der Waals surface area contributed by atoms with Crippen LogP contribution in [0.5, 0.6) is 5.75 Å². The van der Waals surface area contributed by atoms with Crippen molar-refractivity contribution in [1.82, 2.24) is 0 Å². The smallest absolute Gasteiger partial charge is 0.404 e. The Bertz CT molecular complexity index is 629. The maximum atomic E-state index is 13.1. The standard InChI is InChI=1S/C7H2ClF4NO5S/c8-19(16,17)6-2-4(13(14)15)3(9)1-5(6)18-7(10,11)12/h1-2H. The molecule has 0 aromatic heterocycles. The minimum atomic E-state index is -5.32. The highest BCUT2D eigenvalue weighted by Gasteiger charge is 2.35. The van der Waals surface area contributed by atoms with Crippen LogP contribution in [0.4, 0.5) is 23.2 Å². The largest absolute Gasteiger partial charge is 0.573 e. The predicted molar refractivity (Wildman–Crippen MR) is 52.8 cm³/mol. The molecule has 0 saturated heterocycles. The van der Waals surface area contributed by atoms with E-state index < -0.39 is 42.5 Å². The van der Waals surface area contributed by atoms with Crippen molar-refractivity contribution in [2.24, 2.45) is 0 Å². The first-order valence-electron chi connectivity index (χ1n) is 4.10. The summed E-state index contributed by atoms with van der Waals surface area (Å²) in [6, 6.07) is -0.0420. The molecule has 0 bridgehead atoms. The molecule has 0 heterocycles. The van der Waals surface area contributed by atoms with E-state index in [9.17, 15) is 36.1 Å². The fourth-order valence-electron chi connectivity index (χ4n) is 1.06. The molecule has 0 N–H and O–H groups in total. The van der Waals surface area contributed by atoms with Crippen molar-refractivity contribution in [2.45, 2.75) is 11.3 Å². The molecule has 1 aromatic carbocycles. The van der Waals surface area contributed by atoms with E-state index in [2.05, 4.69) is 4.74 Å². The van der Waals surface area contributed by atoms with E-state index in [-0.39, 0.29) is 12.1 Å². The van der Waals surface area contributed by atoms with Crippen LogP contribution in [-0.2, 0) is 9.05 Å². The minimum absolute atomic E-state index is 0.0404. The molecule has 1 rings (SSSR count). The molecule has 1 aromatic rings. The van der Waals surface area contributed by atoms with Gasteiger partial charge < -0.3 is 4.74 Å². The van der Waals surface area contributed by atoms with Crippen LogP contribution in [0.25, 0.3) is 0 Å². The second kappa shape index (κ2) is 4.81. The first-order chi connectivity index (χ1) is 8.42. The Balaban J connectivity index is 3.55. The normalized spacial score (nSPS) is 12.3. The summed E-state index contributed by atoms with van der Waals surface area (Å²) >= 11 is 0. The highest BCUT2D eigenvalue weighted by molar-refractivity contribution is 8.13. The minimum Gasteiger partial charge on any atom is -0.404 e. The van der Waals surface area contributed by atoms with Crippen molar-refractivity contribution in [3.05, 3.63) is 28.1 Å². The Morgan fingerprint density at radius 1 is 1.32 bits per heavy atom. The molecule has 0 aliphatic carbocycles. The van der Waals surface area contributed by atoms with E-state index in [0.717, 1.165) is 0 Å². The average molecular weight is 324 g/mol. The van der Waals surface area contributed by atoms with Crippen LogP contribution < -0.4 is 4.74 Å². The molecule has 0 saturated carbocycles. The summed E-state index contributed by atoms with van der Waals surface area (Å²) in [5.41, 5.74) is -1.35. The number of benzene rings is 1. The fraction of sp³-hybridized carbons (Fsp3) is 0.143. The van der Waals surface area contributed by atoms with Gasteiger partial charge in [-0.1, -0.05) is 0 Å². The van der Waals surface area contributed by atoms with E-state index >= 15 is 0 Å². The van der Waals surface area contributed by atoms with Crippen LogP contribution in [0.15, 0.2) is 17.0 Å². The summed E-state index contributed by atoms with van der Waals surface area (Å²) in [6.07, 6.45) is -5.32. The van der Waals surface area contributed by atoms with Gasteiger partial charge in [-0.3, -0.25) is 10.1 Å². The lowest BCUT2D eigenvalue weighted by molar-refractivity contribution is -0.387. The van der Waals surface area contributed by atoms with E-state index in [0.29, 0.717) is 0 Å². The summed E-state index contributed by atoms with van der Waals surface area (Å²) in [7, 11) is -0.00114. The summed E-state index contributed by atoms with van der Waals surface area (Å²) < 4.78 is 74.3. The molecule has 19 heavy (non-hydrogen) atoms. The summed E-state index contributed by atoms with van der Waals surface area (Å²) in [4.78, 5) is 7.68. The van der Waals surface area contributed by atoms with Crippen LogP contribution in [-0.4, -0.2) is 19.7 Å². The molecule has 0 amide bonds. The van der Waals surface area contributed by atoms with Crippen LogP contribution >= 0.6 is 10.7 Å². The topological polar surface area (TPSA) is 86.5 Å². The Morgan fingerprint density at radius 3 is 2.21 bits per heavy atom. The first kappa shape index (κ1) is 15.4. The van der Waals surface area contributed by atoms with Crippen molar-refractivity contribution in [3.63, 3.8) is 0 Å². The molecular formula is C7H2ClF4NO5S. The maximum absolute atomic E-state index is 13.1. The summed E-state index contributed by atoms with van der Waals surface area (Å²) in [5.74, 6) is -3.20. The Hall–Kier alpha value is -1.62. The molecule has 106 valence electrons. The van der Waals surface area contributed by atoms with Crippen molar-refractivity contribution in [3.8, 4) is 5.75 Å². The molecule has 0 radical (unpaired) electrons. The second-order valence-corrected chi connectivity index (χ2v) is 5.53. The number of hydrogen-bond acceptors (Lipinski definition) is 5. The van der Waals surface area contributed by atoms with Gasteiger partial charge in [0.25, 0.3) is 9.05 Å². The van der Waals surface area contributed by atoms with Gasteiger partial charge in [-0.2, -0.15) is 4.39 Å². The number of alkyl halides is 3. The number of nitro groups is 1. The molecular weight excluding hydrogens is 322 g/mol. The number of ether oxygens (including phenoxy) is 1. The molecule has 0 fully saturated rings. The van der Waals surface area contributed by atoms with Gasteiger partial charge in [-0.25, -0.2) is 8.42 Å². The first-order valence-corrected chi connectivity index (χ1v) is 6.41. The SMILES string of the molecule is O=[N+]([O-])c1cc(S(=O)(=O)Cl)c(OC(F)(F)F)cc1F. The third-order valence-electron chi connectivity index (χ3n) is 1.70. The van der Waals surface area contributed by atoms with Crippen molar-refractivity contribution in [2.75, 3.05) is 0 Å². The van der Waals surface area contributed by atoms with E-state index in [1.165, 1.54) is 0 Å². The zero-order valence-corrected chi connectivity index (χ0v) is 10.0.